The molecule has 1 nitrogen and oxygen atoms in total. The van der Waals surface area contributed by atoms with Gasteiger partial charge < -0.3 is 4.90 Å². The van der Waals surface area contributed by atoms with Crippen LogP contribution in [0.5, 0.6) is 0 Å². The molecule has 0 heterocycles. The summed E-state index contributed by atoms with van der Waals surface area (Å²) in [4.78, 5) is 2.13. The smallest absolute Gasteiger partial charge is 0.0320 e. The minimum absolute atomic E-state index is 1.000. The third-order valence-corrected chi connectivity index (χ3v) is 1.93. The summed E-state index contributed by atoms with van der Waals surface area (Å²) in [6.07, 6.45) is 7.38. The summed E-state index contributed by atoms with van der Waals surface area (Å²) in [5, 5.41) is 0. The van der Waals surface area contributed by atoms with E-state index in [2.05, 4.69) is 52.3 Å². The van der Waals surface area contributed by atoms with Crippen molar-refractivity contribution < 1.29 is 0 Å². The molecule has 1 heteroatoms. The van der Waals surface area contributed by atoms with E-state index in [-0.39, 0.29) is 0 Å². The molecule has 0 saturated heterocycles. The highest BCUT2D eigenvalue weighted by Crippen LogP contribution is 2.09. The monoisotopic (exact) mass is 239 g/mol. The van der Waals surface area contributed by atoms with Gasteiger partial charge in [0.25, 0.3) is 0 Å². The third-order valence-electron chi connectivity index (χ3n) is 1.93. The lowest BCUT2D eigenvalue weighted by molar-refractivity contribution is 0.452. The Morgan fingerprint density at radius 2 is 1.59 bits per heavy atom. The predicted molar refractivity (Wildman–Crippen MR) is 83.3 cm³/mol. The molecule has 102 valence electrons. The van der Waals surface area contributed by atoms with E-state index >= 15 is 0 Å². The number of hydrogen-bond acceptors (Lipinski definition) is 1. The standard InChI is InChI=1S/C11H19N.C3H8.C2H6/c1-6-8-9-10(3)11(4)12(5)7-2;1-3-2;1-2/h6,8-9H,4,7H2,1-3,5H3;3H2,1-2H3;1-2H3/b8-6-,10-9+;;. The van der Waals surface area contributed by atoms with Crippen molar-refractivity contribution in [2.24, 2.45) is 0 Å². The van der Waals surface area contributed by atoms with Gasteiger partial charge in [-0.2, -0.15) is 0 Å². The molecule has 0 bridgehead atoms. The Bertz CT molecular complexity index is 212. The summed E-state index contributed by atoms with van der Waals surface area (Å²) >= 11 is 0. The highest BCUT2D eigenvalue weighted by molar-refractivity contribution is 5.28. The van der Waals surface area contributed by atoms with E-state index in [9.17, 15) is 0 Å². The molecular weight excluding hydrogens is 206 g/mol. The Morgan fingerprint density at radius 3 is 1.88 bits per heavy atom. The molecule has 0 saturated carbocycles. The fraction of sp³-hybridized carbons (Fsp3) is 0.625. The Kier molecular flexibility index (Phi) is 21.8. The molecule has 0 aliphatic rings. The summed E-state index contributed by atoms with van der Waals surface area (Å²) in [5.41, 5.74) is 2.31. The lowest BCUT2D eigenvalue weighted by Crippen LogP contribution is -2.16. The fourth-order valence-electron chi connectivity index (χ4n) is 0.829. The molecule has 17 heavy (non-hydrogen) atoms. The first-order valence-electron chi connectivity index (χ1n) is 6.74. The second kappa shape index (κ2) is 17.4. The van der Waals surface area contributed by atoms with Crippen molar-refractivity contribution in [3.63, 3.8) is 0 Å². The maximum Gasteiger partial charge on any atom is 0.0320 e. The van der Waals surface area contributed by atoms with Crippen molar-refractivity contribution in [2.45, 2.75) is 54.9 Å². The molecule has 0 spiro atoms. The van der Waals surface area contributed by atoms with Crippen molar-refractivity contribution in [1.29, 1.82) is 0 Å². The Balaban J connectivity index is -0.000000337. The second-order valence-electron chi connectivity index (χ2n) is 3.54. The minimum Gasteiger partial charge on any atom is -0.375 e. The summed E-state index contributed by atoms with van der Waals surface area (Å²) in [6, 6.07) is 0. The van der Waals surface area contributed by atoms with E-state index in [0.29, 0.717) is 0 Å². The summed E-state index contributed by atoms with van der Waals surface area (Å²) in [6.45, 7) is 19.5. The first kappa shape index (κ1) is 21.3. The van der Waals surface area contributed by atoms with Gasteiger partial charge >= 0.3 is 0 Å². The summed E-state index contributed by atoms with van der Waals surface area (Å²) in [7, 11) is 2.05. The average molecular weight is 239 g/mol. The van der Waals surface area contributed by atoms with Crippen molar-refractivity contribution in [1.82, 2.24) is 4.90 Å². The molecule has 0 aromatic heterocycles. The zero-order valence-corrected chi connectivity index (χ0v) is 13.3. The van der Waals surface area contributed by atoms with Gasteiger partial charge in [0.1, 0.15) is 0 Å². The summed E-state index contributed by atoms with van der Waals surface area (Å²) in [5.74, 6) is 0. The predicted octanol–water partition coefficient (Wildman–Crippen LogP) is 5.42. The SMILES string of the molecule is C=C(/C(C)=C/C=C\C)N(C)CC.CC.CCC. The van der Waals surface area contributed by atoms with Crippen LogP contribution in [0.1, 0.15) is 54.9 Å². The number of rotatable bonds is 4. The number of nitrogens with zero attached hydrogens (tertiary/aromatic N) is 1. The van der Waals surface area contributed by atoms with Crippen molar-refractivity contribution >= 4 is 0 Å². The van der Waals surface area contributed by atoms with Gasteiger partial charge in [0, 0.05) is 19.3 Å². The molecule has 0 aromatic carbocycles. The fourth-order valence-corrected chi connectivity index (χ4v) is 0.829. The van der Waals surface area contributed by atoms with Gasteiger partial charge in [0.15, 0.2) is 0 Å². The maximum absolute atomic E-state index is 4.00. The molecule has 0 aromatic rings. The number of hydrogen-bond donors (Lipinski definition) is 0. The van der Waals surface area contributed by atoms with Crippen LogP contribution < -0.4 is 0 Å². The van der Waals surface area contributed by atoms with E-state index in [1.54, 1.807) is 0 Å². The van der Waals surface area contributed by atoms with Crippen LogP contribution in [-0.2, 0) is 0 Å². The highest BCUT2D eigenvalue weighted by Gasteiger charge is 1.99. The maximum atomic E-state index is 4.00. The molecule has 0 unspecified atom stereocenters. The van der Waals surface area contributed by atoms with Gasteiger partial charge in [0.05, 0.1) is 0 Å². The van der Waals surface area contributed by atoms with Gasteiger partial charge in [0.2, 0.25) is 0 Å². The Labute approximate surface area is 110 Å². The van der Waals surface area contributed by atoms with Crippen molar-refractivity contribution in [3.05, 3.63) is 36.1 Å². The van der Waals surface area contributed by atoms with Gasteiger partial charge in [-0.3, -0.25) is 0 Å². The Morgan fingerprint density at radius 1 is 1.18 bits per heavy atom. The third kappa shape index (κ3) is 15.0. The minimum atomic E-state index is 1.000. The molecule has 0 aliphatic carbocycles. The highest BCUT2D eigenvalue weighted by atomic mass is 15.1. The van der Waals surface area contributed by atoms with E-state index in [1.165, 1.54) is 12.0 Å². The van der Waals surface area contributed by atoms with Crippen molar-refractivity contribution in [3.8, 4) is 0 Å². The van der Waals surface area contributed by atoms with Crippen molar-refractivity contribution in [2.75, 3.05) is 13.6 Å². The quantitative estimate of drug-likeness (QED) is 0.592. The van der Waals surface area contributed by atoms with Gasteiger partial charge in [-0.25, -0.2) is 0 Å². The van der Waals surface area contributed by atoms with E-state index in [0.717, 1.165) is 12.2 Å². The van der Waals surface area contributed by atoms with Gasteiger partial charge in [-0.1, -0.05) is 58.9 Å². The second-order valence-corrected chi connectivity index (χ2v) is 3.54. The molecule has 0 amide bonds. The average Bonchev–Trinajstić information content (AvgIpc) is 2.37. The van der Waals surface area contributed by atoms with E-state index in [1.807, 2.05) is 32.9 Å². The Hall–Kier alpha value is -0.980. The first-order chi connectivity index (χ1) is 8.04. The first-order valence-corrected chi connectivity index (χ1v) is 6.74. The van der Waals surface area contributed by atoms with Crippen LogP contribution in [0.15, 0.2) is 36.1 Å². The number of likely N-dealkylation sites (N-methyl/N-ethyl adjacent to an activating group) is 1. The number of allylic oxidation sites excluding steroid dienone is 4. The zero-order valence-electron chi connectivity index (χ0n) is 13.3. The molecule has 0 fully saturated rings. The van der Waals surface area contributed by atoms with Crippen LogP contribution in [0, 0.1) is 0 Å². The van der Waals surface area contributed by atoms with Gasteiger partial charge in [-0.05, 0) is 26.3 Å². The molecule has 0 atom stereocenters. The van der Waals surface area contributed by atoms with E-state index < -0.39 is 0 Å². The van der Waals surface area contributed by atoms with E-state index in [4.69, 9.17) is 0 Å². The zero-order chi connectivity index (χ0) is 14.3. The normalized spacial score (nSPS) is 10.0. The largest absolute Gasteiger partial charge is 0.375 e. The summed E-state index contributed by atoms with van der Waals surface area (Å²) < 4.78 is 0. The van der Waals surface area contributed by atoms with Crippen LogP contribution in [0.4, 0.5) is 0 Å². The lowest BCUT2D eigenvalue weighted by Gasteiger charge is -2.19. The van der Waals surface area contributed by atoms with Crippen LogP contribution in [0.3, 0.4) is 0 Å². The molecular formula is C16H33N. The van der Waals surface area contributed by atoms with Crippen LogP contribution in [-0.4, -0.2) is 18.5 Å². The van der Waals surface area contributed by atoms with Crippen LogP contribution in [0.2, 0.25) is 0 Å². The molecule has 0 N–H and O–H groups in total. The molecule has 0 radical (unpaired) electrons. The molecule has 0 aliphatic heterocycles. The van der Waals surface area contributed by atoms with Gasteiger partial charge in [-0.15, -0.1) is 0 Å². The molecule has 0 rings (SSSR count). The van der Waals surface area contributed by atoms with Crippen LogP contribution in [0.25, 0.3) is 0 Å². The van der Waals surface area contributed by atoms with Crippen LogP contribution >= 0.6 is 0 Å². The lowest BCUT2D eigenvalue weighted by atomic mass is 10.2. The topological polar surface area (TPSA) is 3.24 Å².